The van der Waals surface area contributed by atoms with Gasteiger partial charge in [0.2, 0.25) is 0 Å². The van der Waals surface area contributed by atoms with Crippen LogP contribution in [0.25, 0.3) is 11.8 Å². The number of ether oxygens (including phenoxy) is 2. The van der Waals surface area contributed by atoms with E-state index in [1.807, 2.05) is 44.2 Å². The first-order chi connectivity index (χ1) is 14.8. The molecule has 0 saturated carbocycles. The summed E-state index contributed by atoms with van der Waals surface area (Å²) in [7, 11) is 1.58. The first-order valence-corrected chi connectivity index (χ1v) is 10.9. The number of hydrogen-bond acceptors (Lipinski definition) is 4. The Bertz CT molecular complexity index is 1060. The van der Waals surface area contributed by atoms with Crippen LogP contribution in [0.2, 0.25) is 0 Å². The largest absolute Gasteiger partial charge is 0.462 e. The number of nitrogens with zero attached hydrogens (tertiary/aromatic N) is 2. The molecule has 1 aliphatic rings. The molecule has 0 unspecified atom stereocenters. The fourth-order valence-electron chi connectivity index (χ4n) is 3.86. The highest BCUT2D eigenvalue weighted by atomic mass is 79.9. The lowest BCUT2D eigenvalue weighted by Crippen LogP contribution is -2.28. The van der Waals surface area contributed by atoms with Gasteiger partial charge in [0.15, 0.2) is 0 Å². The summed E-state index contributed by atoms with van der Waals surface area (Å²) in [6.07, 6.45) is 1.79. The van der Waals surface area contributed by atoms with Crippen LogP contribution in [-0.4, -0.2) is 48.2 Å². The topological polar surface area (TPSA) is 60.8 Å². The molecule has 1 amide bonds. The van der Waals surface area contributed by atoms with Crippen LogP contribution >= 0.6 is 15.9 Å². The molecule has 0 bridgehead atoms. The molecule has 2 aromatic rings. The Morgan fingerprint density at radius 3 is 2.45 bits per heavy atom. The second kappa shape index (κ2) is 9.66. The number of allylic oxidation sites excluding steroid dienone is 1. The number of hydrogen-bond donors (Lipinski definition) is 0. The van der Waals surface area contributed by atoms with Crippen LogP contribution in [0.1, 0.15) is 30.8 Å². The summed E-state index contributed by atoms with van der Waals surface area (Å²) in [4.78, 5) is 27.5. The van der Waals surface area contributed by atoms with Gasteiger partial charge < -0.3 is 18.9 Å². The van der Waals surface area contributed by atoms with Crippen molar-refractivity contribution in [2.75, 3.05) is 26.9 Å². The number of carbonyl (C=O) groups is 2. The summed E-state index contributed by atoms with van der Waals surface area (Å²) in [6.45, 7) is 8.54. The summed E-state index contributed by atoms with van der Waals surface area (Å²) in [6, 6.07) is 10.1. The van der Waals surface area contributed by atoms with E-state index in [-0.39, 0.29) is 12.5 Å². The molecule has 164 valence electrons. The highest BCUT2D eigenvalue weighted by Crippen LogP contribution is 2.33. The van der Waals surface area contributed by atoms with E-state index >= 15 is 0 Å². The molecule has 0 spiro atoms. The number of rotatable bonds is 7. The average Bonchev–Trinajstić information content (AvgIpc) is 3.14. The van der Waals surface area contributed by atoms with Crippen molar-refractivity contribution in [3.8, 4) is 5.69 Å². The number of amides is 1. The van der Waals surface area contributed by atoms with E-state index in [1.54, 1.807) is 31.9 Å². The molecule has 0 fully saturated rings. The van der Waals surface area contributed by atoms with Crippen molar-refractivity contribution in [3.05, 3.63) is 68.6 Å². The second-order valence-electron chi connectivity index (χ2n) is 7.33. The smallest absolute Gasteiger partial charge is 0.340 e. The van der Waals surface area contributed by atoms with Crippen molar-refractivity contribution in [2.45, 2.75) is 27.7 Å². The molecule has 0 atom stereocenters. The van der Waals surface area contributed by atoms with E-state index in [9.17, 15) is 9.59 Å². The Labute approximate surface area is 191 Å². The summed E-state index contributed by atoms with van der Waals surface area (Å²) < 4.78 is 13.5. The Balaban J connectivity index is 2.08. The molecule has 1 aliphatic heterocycles. The van der Waals surface area contributed by atoms with Crippen molar-refractivity contribution < 1.29 is 19.1 Å². The summed E-state index contributed by atoms with van der Waals surface area (Å²) in [5.74, 6) is -0.702. The molecule has 1 aromatic carbocycles. The van der Waals surface area contributed by atoms with Gasteiger partial charge in [-0.1, -0.05) is 15.9 Å². The zero-order chi connectivity index (χ0) is 22.7. The minimum atomic E-state index is -0.485. The van der Waals surface area contributed by atoms with Crippen LogP contribution in [0.4, 0.5) is 0 Å². The number of carbonyl (C=O) groups excluding carboxylic acids is 2. The molecule has 31 heavy (non-hydrogen) atoms. The predicted octanol–water partition coefficient (Wildman–Crippen LogP) is 4.57. The lowest BCUT2D eigenvalue weighted by Gasteiger charge is -2.16. The molecule has 0 radical (unpaired) electrons. The second-order valence-corrected chi connectivity index (χ2v) is 8.24. The first kappa shape index (κ1) is 23.0. The number of aryl methyl sites for hydroxylation is 1. The fourth-order valence-corrected chi connectivity index (χ4v) is 4.12. The molecule has 2 heterocycles. The molecule has 0 saturated heterocycles. The third kappa shape index (κ3) is 4.52. The van der Waals surface area contributed by atoms with E-state index in [2.05, 4.69) is 20.5 Å². The predicted molar refractivity (Wildman–Crippen MR) is 124 cm³/mol. The molecular weight excluding hydrogens is 460 g/mol. The molecule has 0 N–H and O–H groups in total. The lowest BCUT2D eigenvalue weighted by molar-refractivity contribution is -0.138. The summed E-state index contributed by atoms with van der Waals surface area (Å²) in [5, 5.41) is 0. The van der Waals surface area contributed by atoms with E-state index < -0.39 is 5.97 Å². The van der Waals surface area contributed by atoms with Crippen LogP contribution in [0.15, 0.2) is 51.6 Å². The van der Waals surface area contributed by atoms with E-state index in [4.69, 9.17) is 9.47 Å². The van der Waals surface area contributed by atoms with Crippen LogP contribution in [0.3, 0.4) is 0 Å². The molecule has 3 rings (SSSR count). The molecule has 1 aromatic heterocycles. The molecule has 6 nitrogen and oxygen atoms in total. The van der Waals surface area contributed by atoms with Gasteiger partial charge in [-0.3, -0.25) is 4.79 Å². The summed E-state index contributed by atoms with van der Waals surface area (Å²) in [5.41, 5.74) is 5.18. The third-order valence-corrected chi connectivity index (χ3v) is 5.89. The van der Waals surface area contributed by atoms with Gasteiger partial charge in [0.25, 0.3) is 5.91 Å². The van der Waals surface area contributed by atoms with Gasteiger partial charge in [0.05, 0.1) is 24.4 Å². The van der Waals surface area contributed by atoms with Crippen LogP contribution < -0.4 is 0 Å². The minimum Gasteiger partial charge on any atom is -0.462 e. The highest BCUT2D eigenvalue weighted by molar-refractivity contribution is 9.10. The molecule has 0 aliphatic carbocycles. The van der Waals surface area contributed by atoms with Crippen molar-refractivity contribution >= 4 is 33.9 Å². The van der Waals surface area contributed by atoms with Crippen LogP contribution in [-0.2, 0) is 19.1 Å². The zero-order valence-electron chi connectivity index (χ0n) is 18.5. The Kier molecular flexibility index (Phi) is 7.18. The van der Waals surface area contributed by atoms with Crippen LogP contribution in [0, 0.1) is 13.8 Å². The Morgan fingerprint density at radius 2 is 1.84 bits per heavy atom. The number of methoxy groups -OCH3 is 1. The van der Waals surface area contributed by atoms with Gasteiger partial charge in [-0.05, 0) is 69.7 Å². The van der Waals surface area contributed by atoms with Gasteiger partial charge in [-0.15, -0.1) is 0 Å². The van der Waals surface area contributed by atoms with Crippen molar-refractivity contribution in [1.82, 2.24) is 9.47 Å². The van der Waals surface area contributed by atoms with E-state index in [0.717, 1.165) is 27.1 Å². The third-order valence-electron chi connectivity index (χ3n) is 5.37. The number of halogens is 1. The van der Waals surface area contributed by atoms with Crippen molar-refractivity contribution in [3.63, 3.8) is 0 Å². The van der Waals surface area contributed by atoms with Crippen molar-refractivity contribution in [2.24, 2.45) is 0 Å². The lowest BCUT2D eigenvalue weighted by atomic mass is 10.0. The van der Waals surface area contributed by atoms with Gasteiger partial charge in [0, 0.05) is 40.9 Å². The maximum absolute atomic E-state index is 13.2. The van der Waals surface area contributed by atoms with E-state index in [0.29, 0.717) is 30.0 Å². The number of aromatic nitrogens is 1. The average molecular weight is 487 g/mol. The van der Waals surface area contributed by atoms with Gasteiger partial charge >= 0.3 is 5.97 Å². The molecular formula is C24H27BrN2O4. The SMILES string of the molecule is CCOC(=O)C1=C(C)N(CCOC)C(=O)/C1=C\c1cc(C)n(-c2ccc(Br)cc2)c1C. The zero-order valence-corrected chi connectivity index (χ0v) is 20.1. The van der Waals surface area contributed by atoms with E-state index in [1.165, 1.54) is 0 Å². The Morgan fingerprint density at radius 1 is 1.16 bits per heavy atom. The highest BCUT2D eigenvalue weighted by Gasteiger charge is 2.37. The maximum atomic E-state index is 13.2. The fraction of sp³-hybridized carbons (Fsp3) is 0.333. The number of benzene rings is 1. The van der Waals surface area contributed by atoms with Crippen molar-refractivity contribution in [1.29, 1.82) is 0 Å². The first-order valence-electron chi connectivity index (χ1n) is 10.2. The van der Waals surface area contributed by atoms with Gasteiger partial charge in [0.1, 0.15) is 0 Å². The standard InChI is InChI=1S/C24H27BrN2O4/c1-6-31-24(29)22-17(4)26(11-12-30-5)23(28)21(22)14-18-13-15(2)27(16(18)3)20-9-7-19(25)8-10-20/h7-10,13-14H,6,11-12H2,1-5H3/b21-14-. The quantitative estimate of drug-likeness (QED) is 0.424. The monoisotopic (exact) mass is 486 g/mol. The summed E-state index contributed by atoms with van der Waals surface area (Å²) >= 11 is 3.47. The van der Waals surface area contributed by atoms with Crippen LogP contribution in [0.5, 0.6) is 0 Å². The normalized spacial score (nSPS) is 15.4. The minimum absolute atomic E-state index is 0.217. The Hall–Kier alpha value is -2.64. The van der Waals surface area contributed by atoms with Gasteiger partial charge in [-0.2, -0.15) is 0 Å². The number of esters is 1. The molecule has 7 heteroatoms. The maximum Gasteiger partial charge on any atom is 0.340 e. The van der Waals surface area contributed by atoms with Gasteiger partial charge in [-0.25, -0.2) is 4.79 Å².